The number of amides is 1. The molecular weight excluding hydrogens is 306 g/mol. The summed E-state index contributed by atoms with van der Waals surface area (Å²) < 4.78 is 3.31. The van der Waals surface area contributed by atoms with Crippen LogP contribution in [-0.4, -0.2) is 35.9 Å². The number of nitrogens with zero attached hydrogens (tertiary/aromatic N) is 6. The number of anilines is 1. The Hall–Kier alpha value is -3.03. The minimum atomic E-state index is -0.174. The molecule has 0 atom stereocenters. The second kappa shape index (κ2) is 6.61. The van der Waals surface area contributed by atoms with Crippen LogP contribution in [0.2, 0.25) is 0 Å². The van der Waals surface area contributed by atoms with Crippen molar-refractivity contribution in [1.82, 2.24) is 30.0 Å². The van der Waals surface area contributed by atoms with Crippen molar-refractivity contribution >= 4 is 11.6 Å². The van der Waals surface area contributed by atoms with E-state index in [1.54, 1.807) is 10.9 Å². The number of aryl methyl sites for hydroxylation is 1. The molecule has 8 heteroatoms. The topological polar surface area (TPSA) is 90.5 Å². The molecule has 3 aromatic rings. The molecule has 1 aromatic carbocycles. The fraction of sp³-hybridized carbons (Fsp3) is 0.312. The predicted molar refractivity (Wildman–Crippen MR) is 89.1 cm³/mol. The molecule has 2 aromatic heterocycles. The number of hydrogen-bond donors (Lipinski definition) is 1. The van der Waals surface area contributed by atoms with E-state index in [1.807, 2.05) is 45.0 Å². The van der Waals surface area contributed by atoms with Gasteiger partial charge in [0.1, 0.15) is 6.33 Å². The number of nitrogens with one attached hydrogen (secondary N) is 1. The van der Waals surface area contributed by atoms with Crippen LogP contribution in [0.25, 0.3) is 5.69 Å². The van der Waals surface area contributed by atoms with Crippen LogP contribution in [-0.2, 0) is 6.54 Å². The van der Waals surface area contributed by atoms with Crippen molar-refractivity contribution in [2.75, 3.05) is 5.32 Å². The zero-order valence-corrected chi connectivity index (χ0v) is 13.8. The largest absolute Gasteiger partial charge is 0.322 e. The Morgan fingerprint density at radius 3 is 2.83 bits per heavy atom. The third-order valence-corrected chi connectivity index (χ3v) is 3.62. The molecule has 0 unspecified atom stereocenters. The van der Waals surface area contributed by atoms with E-state index in [-0.39, 0.29) is 11.8 Å². The lowest BCUT2D eigenvalue weighted by molar-refractivity contribution is 0.102. The number of carbonyl (C=O) groups is 1. The fourth-order valence-corrected chi connectivity index (χ4v) is 2.40. The maximum Gasteiger partial charge on any atom is 0.259 e. The third kappa shape index (κ3) is 3.17. The van der Waals surface area contributed by atoms with Gasteiger partial charge in [-0.25, -0.2) is 4.68 Å². The molecule has 0 aliphatic carbocycles. The van der Waals surface area contributed by atoms with E-state index in [9.17, 15) is 4.79 Å². The van der Waals surface area contributed by atoms with Crippen LogP contribution in [0.4, 0.5) is 5.69 Å². The maximum atomic E-state index is 12.7. The smallest absolute Gasteiger partial charge is 0.259 e. The van der Waals surface area contributed by atoms with Gasteiger partial charge in [0.05, 0.1) is 16.9 Å². The van der Waals surface area contributed by atoms with Gasteiger partial charge >= 0.3 is 0 Å². The normalized spacial score (nSPS) is 11.0. The van der Waals surface area contributed by atoms with Crippen LogP contribution >= 0.6 is 0 Å². The van der Waals surface area contributed by atoms with Crippen molar-refractivity contribution in [3.63, 3.8) is 0 Å². The second-order valence-corrected chi connectivity index (χ2v) is 5.70. The standard InChI is InChI=1S/C16H19N7O/c1-4-22-9-14(15(19-22)11(2)3)16(24)18-12-6-5-7-13(8-12)23-10-17-20-21-23/h5-11H,4H2,1-3H3,(H,18,24). The fourth-order valence-electron chi connectivity index (χ4n) is 2.40. The van der Waals surface area contributed by atoms with Crippen molar-refractivity contribution < 1.29 is 4.79 Å². The highest BCUT2D eigenvalue weighted by Crippen LogP contribution is 2.20. The van der Waals surface area contributed by atoms with Crippen LogP contribution in [0, 0.1) is 0 Å². The second-order valence-electron chi connectivity index (χ2n) is 5.70. The Bertz CT molecular complexity index is 836. The summed E-state index contributed by atoms with van der Waals surface area (Å²) in [6.07, 6.45) is 3.29. The molecule has 2 heterocycles. The Balaban J connectivity index is 1.85. The number of benzene rings is 1. The lowest BCUT2D eigenvalue weighted by Crippen LogP contribution is -2.14. The van der Waals surface area contributed by atoms with E-state index in [0.717, 1.165) is 17.9 Å². The number of aromatic nitrogens is 6. The third-order valence-electron chi connectivity index (χ3n) is 3.62. The minimum absolute atomic E-state index is 0.172. The van der Waals surface area contributed by atoms with Gasteiger partial charge in [0.2, 0.25) is 0 Å². The summed E-state index contributed by atoms with van der Waals surface area (Å²) >= 11 is 0. The summed E-state index contributed by atoms with van der Waals surface area (Å²) in [5.74, 6) is -0.00151. The lowest BCUT2D eigenvalue weighted by atomic mass is 10.1. The molecule has 24 heavy (non-hydrogen) atoms. The van der Waals surface area contributed by atoms with Gasteiger partial charge < -0.3 is 5.32 Å². The van der Waals surface area contributed by atoms with Crippen molar-refractivity contribution in [2.45, 2.75) is 33.2 Å². The van der Waals surface area contributed by atoms with Crippen molar-refractivity contribution in [1.29, 1.82) is 0 Å². The average molecular weight is 325 g/mol. The first-order chi connectivity index (χ1) is 11.6. The van der Waals surface area contributed by atoms with Gasteiger partial charge in [-0.05, 0) is 41.5 Å². The Kier molecular flexibility index (Phi) is 4.37. The van der Waals surface area contributed by atoms with E-state index >= 15 is 0 Å². The maximum absolute atomic E-state index is 12.7. The molecule has 0 aliphatic rings. The molecule has 0 radical (unpaired) electrons. The molecule has 0 fully saturated rings. The van der Waals surface area contributed by atoms with Gasteiger partial charge in [0, 0.05) is 18.4 Å². The van der Waals surface area contributed by atoms with E-state index in [1.165, 1.54) is 11.0 Å². The summed E-state index contributed by atoms with van der Waals surface area (Å²) in [5.41, 5.74) is 2.84. The van der Waals surface area contributed by atoms with E-state index in [0.29, 0.717) is 11.3 Å². The van der Waals surface area contributed by atoms with Crippen molar-refractivity contribution in [2.24, 2.45) is 0 Å². The summed E-state index contributed by atoms with van der Waals surface area (Å²) in [7, 11) is 0. The predicted octanol–water partition coefficient (Wildman–Crippen LogP) is 2.25. The zero-order valence-electron chi connectivity index (χ0n) is 13.8. The molecule has 0 bridgehead atoms. The van der Waals surface area contributed by atoms with E-state index in [2.05, 4.69) is 25.9 Å². The quantitative estimate of drug-likeness (QED) is 0.777. The van der Waals surface area contributed by atoms with Gasteiger partial charge in [0.25, 0.3) is 5.91 Å². The number of tetrazole rings is 1. The molecule has 1 N–H and O–H groups in total. The Morgan fingerprint density at radius 1 is 1.33 bits per heavy atom. The highest BCUT2D eigenvalue weighted by molar-refractivity contribution is 6.05. The van der Waals surface area contributed by atoms with Crippen LogP contribution in [0.3, 0.4) is 0 Å². The molecule has 0 saturated carbocycles. The van der Waals surface area contributed by atoms with Crippen LogP contribution < -0.4 is 5.32 Å². The van der Waals surface area contributed by atoms with Crippen molar-refractivity contribution in [3.05, 3.63) is 48.0 Å². The monoisotopic (exact) mass is 325 g/mol. The molecule has 8 nitrogen and oxygen atoms in total. The first-order valence-electron chi connectivity index (χ1n) is 7.80. The SMILES string of the molecule is CCn1cc(C(=O)Nc2cccc(-n3cnnn3)c2)c(C(C)C)n1. The van der Waals surface area contributed by atoms with Crippen LogP contribution in [0.5, 0.6) is 0 Å². The van der Waals surface area contributed by atoms with Gasteiger partial charge in [0.15, 0.2) is 0 Å². The highest BCUT2D eigenvalue weighted by Gasteiger charge is 2.18. The molecule has 0 aliphatic heterocycles. The van der Waals surface area contributed by atoms with Crippen molar-refractivity contribution in [3.8, 4) is 5.69 Å². The van der Waals surface area contributed by atoms with Gasteiger partial charge in [-0.3, -0.25) is 9.48 Å². The Labute approximate surface area is 139 Å². The van der Waals surface area contributed by atoms with Gasteiger partial charge in [-0.1, -0.05) is 19.9 Å². The molecule has 0 saturated heterocycles. The lowest BCUT2D eigenvalue weighted by Gasteiger charge is -2.08. The average Bonchev–Trinajstić information content (AvgIpc) is 3.24. The van der Waals surface area contributed by atoms with Gasteiger partial charge in [-0.2, -0.15) is 5.10 Å². The van der Waals surface area contributed by atoms with Crippen LogP contribution in [0.1, 0.15) is 42.7 Å². The Morgan fingerprint density at radius 2 is 2.17 bits per heavy atom. The molecule has 1 amide bonds. The van der Waals surface area contributed by atoms with Crippen LogP contribution in [0.15, 0.2) is 36.8 Å². The summed E-state index contributed by atoms with van der Waals surface area (Å²) in [5, 5.41) is 18.5. The summed E-state index contributed by atoms with van der Waals surface area (Å²) in [4.78, 5) is 12.7. The number of rotatable bonds is 5. The van der Waals surface area contributed by atoms with E-state index < -0.39 is 0 Å². The summed E-state index contributed by atoms with van der Waals surface area (Å²) in [6.45, 7) is 6.77. The molecule has 0 spiro atoms. The molecular formula is C16H19N7O. The first-order valence-corrected chi connectivity index (χ1v) is 7.80. The number of hydrogen-bond acceptors (Lipinski definition) is 5. The van der Waals surface area contributed by atoms with E-state index in [4.69, 9.17) is 0 Å². The number of carbonyl (C=O) groups excluding carboxylic acids is 1. The zero-order chi connectivity index (χ0) is 17.1. The highest BCUT2D eigenvalue weighted by atomic mass is 16.1. The minimum Gasteiger partial charge on any atom is -0.322 e. The van der Waals surface area contributed by atoms with Gasteiger partial charge in [-0.15, -0.1) is 5.10 Å². The first kappa shape index (κ1) is 15.9. The molecule has 3 rings (SSSR count). The summed E-state index contributed by atoms with van der Waals surface area (Å²) in [6, 6.07) is 7.34. The molecule has 124 valence electrons.